The number of fused-ring (bicyclic) bond motifs is 1. The monoisotopic (exact) mass is 223 g/mol. The lowest BCUT2D eigenvalue weighted by atomic mass is 9.99. The molecule has 0 aliphatic carbocycles. The van der Waals surface area contributed by atoms with Gasteiger partial charge in [-0.2, -0.15) is 0 Å². The number of nitrogens with zero attached hydrogens (tertiary/aromatic N) is 1. The molecule has 1 nitrogen and oxygen atoms in total. The van der Waals surface area contributed by atoms with Crippen molar-refractivity contribution in [1.29, 1.82) is 0 Å². The van der Waals surface area contributed by atoms with Crippen LogP contribution in [0.4, 0.5) is 11.4 Å². The van der Waals surface area contributed by atoms with E-state index in [1.54, 1.807) is 0 Å². The van der Waals surface area contributed by atoms with Crippen LogP contribution in [0, 0.1) is 6.92 Å². The minimum Gasteiger partial charge on any atom is -0.341 e. The second-order valence-corrected chi connectivity index (χ2v) is 4.72. The molecular weight excluding hydrogens is 206 g/mol. The summed E-state index contributed by atoms with van der Waals surface area (Å²) in [6, 6.07) is 17.5. The molecule has 17 heavy (non-hydrogen) atoms. The van der Waals surface area contributed by atoms with Gasteiger partial charge in [-0.1, -0.05) is 35.9 Å². The average molecular weight is 223 g/mol. The largest absolute Gasteiger partial charge is 0.341 e. The quantitative estimate of drug-likeness (QED) is 0.704. The molecule has 0 amide bonds. The fraction of sp³-hybridized carbons (Fsp3) is 0.250. The van der Waals surface area contributed by atoms with Gasteiger partial charge in [0.2, 0.25) is 0 Å². The maximum absolute atomic E-state index is 2.43. The Balaban J connectivity index is 2.06. The van der Waals surface area contributed by atoms with E-state index in [1.807, 2.05) is 0 Å². The van der Waals surface area contributed by atoms with Gasteiger partial charge in [-0.05, 0) is 43.5 Å². The fourth-order valence-electron chi connectivity index (χ4n) is 2.60. The number of hydrogen-bond acceptors (Lipinski definition) is 1. The molecule has 0 spiro atoms. The highest BCUT2D eigenvalue weighted by Gasteiger charge is 2.17. The lowest BCUT2D eigenvalue weighted by molar-refractivity contribution is 0.766. The standard InChI is InChI=1S/C16H17N/c1-13-9-10-16-14(12-13)6-5-11-17(16)15-7-3-2-4-8-15/h2-4,7-10,12H,5-6,11H2,1H3. The summed E-state index contributed by atoms with van der Waals surface area (Å²) < 4.78 is 0. The predicted octanol–water partition coefficient (Wildman–Crippen LogP) is 4.08. The third-order valence-electron chi connectivity index (χ3n) is 3.42. The van der Waals surface area contributed by atoms with Crippen molar-refractivity contribution in [3.8, 4) is 0 Å². The molecule has 2 aromatic rings. The molecule has 0 radical (unpaired) electrons. The first-order chi connectivity index (χ1) is 8.34. The zero-order valence-electron chi connectivity index (χ0n) is 10.2. The summed E-state index contributed by atoms with van der Waals surface area (Å²) in [6.45, 7) is 3.29. The second-order valence-electron chi connectivity index (χ2n) is 4.72. The molecule has 0 saturated carbocycles. The topological polar surface area (TPSA) is 3.24 Å². The zero-order valence-corrected chi connectivity index (χ0v) is 10.2. The first-order valence-electron chi connectivity index (χ1n) is 6.27. The van der Waals surface area contributed by atoms with Gasteiger partial charge < -0.3 is 4.90 Å². The lowest BCUT2D eigenvalue weighted by Crippen LogP contribution is -2.24. The molecule has 0 aromatic heterocycles. The Hall–Kier alpha value is -1.76. The molecule has 3 rings (SSSR count). The van der Waals surface area contributed by atoms with Gasteiger partial charge in [-0.25, -0.2) is 0 Å². The minimum absolute atomic E-state index is 1.13. The summed E-state index contributed by atoms with van der Waals surface area (Å²) in [7, 11) is 0. The number of hydrogen-bond donors (Lipinski definition) is 0. The zero-order chi connectivity index (χ0) is 11.7. The number of para-hydroxylation sites is 1. The van der Waals surface area contributed by atoms with Gasteiger partial charge in [0.05, 0.1) is 0 Å². The number of aryl methyl sites for hydroxylation is 2. The van der Waals surface area contributed by atoms with Crippen molar-refractivity contribution in [3.63, 3.8) is 0 Å². The van der Waals surface area contributed by atoms with Crippen LogP contribution in [0.2, 0.25) is 0 Å². The Kier molecular flexibility index (Phi) is 2.60. The third-order valence-corrected chi connectivity index (χ3v) is 3.42. The van der Waals surface area contributed by atoms with E-state index >= 15 is 0 Å². The van der Waals surface area contributed by atoms with Crippen LogP contribution >= 0.6 is 0 Å². The Morgan fingerprint density at radius 2 is 1.82 bits per heavy atom. The van der Waals surface area contributed by atoms with Crippen molar-refractivity contribution >= 4 is 11.4 Å². The molecule has 1 heterocycles. The van der Waals surface area contributed by atoms with Crippen LogP contribution in [0.15, 0.2) is 48.5 Å². The van der Waals surface area contributed by atoms with Gasteiger partial charge in [0, 0.05) is 17.9 Å². The van der Waals surface area contributed by atoms with E-state index < -0.39 is 0 Å². The Labute approximate surface area is 103 Å². The number of anilines is 2. The summed E-state index contributed by atoms with van der Waals surface area (Å²) >= 11 is 0. The molecule has 0 fully saturated rings. The van der Waals surface area contributed by atoms with E-state index in [-0.39, 0.29) is 0 Å². The second kappa shape index (κ2) is 4.25. The Morgan fingerprint density at radius 3 is 2.65 bits per heavy atom. The average Bonchev–Trinajstić information content (AvgIpc) is 2.39. The van der Waals surface area contributed by atoms with Gasteiger partial charge >= 0.3 is 0 Å². The highest BCUT2D eigenvalue weighted by Crippen LogP contribution is 2.33. The molecule has 0 N–H and O–H groups in total. The van der Waals surface area contributed by atoms with Crippen molar-refractivity contribution in [3.05, 3.63) is 59.7 Å². The highest BCUT2D eigenvalue weighted by molar-refractivity contribution is 5.68. The number of rotatable bonds is 1. The van der Waals surface area contributed by atoms with E-state index in [0.717, 1.165) is 6.54 Å². The minimum atomic E-state index is 1.13. The van der Waals surface area contributed by atoms with Crippen molar-refractivity contribution in [2.75, 3.05) is 11.4 Å². The first kappa shape index (κ1) is 10.4. The summed E-state index contributed by atoms with van der Waals surface area (Å²) in [5, 5.41) is 0. The summed E-state index contributed by atoms with van der Waals surface area (Å²) in [5.74, 6) is 0. The van der Waals surface area contributed by atoms with Crippen LogP contribution in [-0.4, -0.2) is 6.54 Å². The van der Waals surface area contributed by atoms with E-state index in [2.05, 4.69) is 60.4 Å². The van der Waals surface area contributed by atoms with E-state index in [0.29, 0.717) is 0 Å². The highest BCUT2D eigenvalue weighted by atomic mass is 15.1. The summed E-state index contributed by atoms with van der Waals surface area (Å²) in [4.78, 5) is 2.43. The number of benzene rings is 2. The molecule has 0 unspecified atom stereocenters. The first-order valence-corrected chi connectivity index (χ1v) is 6.27. The van der Waals surface area contributed by atoms with Gasteiger partial charge in [0.25, 0.3) is 0 Å². The van der Waals surface area contributed by atoms with Crippen molar-refractivity contribution in [2.45, 2.75) is 19.8 Å². The van der Waals surface area contributed by atoms with Gasteiger partial charge in [0.15, 0.2) is 0 Å². The maximum atomic E-state index is 2.43. The van der Waals surface area contributed by atoms with Crippen molar-refractivity contribution in [1.82, 2.24) is 0 Å². The van der Waals surface area contributed by atoms with Crippen LogP contribution < -0.4 is 4.90 Å². The fourth-order valence-corrected chi connectivity index (χ4v) is 2.60. The molecule has 0 atom stereocenters. The molecular formula is C16H17N. The molecule has 0 bridgehead atoms. The molecule has 1 aliphatic heterocycles. The molecule has 1 aliphatic rings. The van der Waals surface area contributed by atoms with Gasteiger partial charge in [0.1, 0.15) is 0 Å². The molecule has 2 aromatic carbocycles. The maximum Gasteiger partial charge on any atom is 0.0443 e. The van der Waals surface area contributed by atoms with Crippen LogP contribution in [0.5, 0.6) is 0 Å². The molecule has 86 valence electrons. The Bertz CT molecular complexity index is 516. The smallest absolute Gasteiger partial charge is 0.0443 e. The normalized spacial score (nSPS) is 14.5. The Morgan fingerprint density at radius 1 is 1.00 bits per heavy atom. The van der Waals surface area contributed by atoms with Crippen LogP contribution in [0.1, 0.15) is 17.5 Å². The van der Waals surface area contributed by atoms with Crippen LogP contribution in [0.25, 0.3) is 0 Å². The summed E-state index contributed by atoms with van der Waals surface area (Å²) in [5.41, 5.74) is 5.53. The van der Waals surface area contributed by atoms with E-state index in [9.17, 15) is 0 Å². The van der Waals surface area contributed by atoms with Crippen LogP contribution in [-0.2, 0) is 6.42 Å². The third kappa shape index (κ3) is 1.93. The predicted molar refractivity (Wildman–Crippen MR) is 72.9 cm³/mol. The molecule has 1 heteroatoms. The van der Waals surface area contributed by atoms with Gasteiger partial charge in [-0.15, -0.1) is 0 Å². The SMILES string of the molecule is Cc1ccc2c(c1)CCCN2c1ccccc1. The van der Waals surface area contributed by atoms with E-state index in [1.165, 1.54) is 35.3 Å². The van der Waals surface area contributed by atoms with Crippen molar-refractivity contribution in [2.24, 2.45) is 0 Å². The summed E-state index contributed by atoms with van der Waals surface area (Å²) in [6.07, 6.45) is 2.45. The van der Waals surface area contributed by atoms with Gasteiger partial charge in [-0.3, -0.25) is 0 Å². The van der Waals surface area contributed by atoms with Crippen molar-refractivity contribution < 1.29 is 0 Å². The molecule has 0 saturated heterocycles. The van der Waals surface area contributed by atoms with Crippen LogP contribution in [0.3, 0.4) is 0 Å². The lowest BCUT2D eigenvalue weighted by Gasteiger charge is -2.31. The van der Waals surface area contributed by atoms with E-state index in [4.69, 9.17) is 0 Å².